The molecule has 0 fully saturated rings. The maximum atomic E-state index is 2.56. The molecule has 0 heterocycles. The second-order valence-corrected chi connectivity index (χ2v) is 37.8. The average molecular weight is 1790 g/mol. The lowest BCUT2D eigenvalue weighted by Crippen LogP contribution is -2.01. The van der Waals surface area contributed by atoms with E-state index in [4.69, 9.17) is 0 Å². The Kier molecular flexibility index (Phi) is 24.3. The van der Waals surface area contributed by atoms with Gasteiger partial charge in [0, 0.05) is 0 Å². The summed E-state index contributed by atoms with van der Waals surface area (Å²) in [5.74, 6) is 0. The number of benzene rings is 22. The van der Waals surface area contributed by atoms with Gasteiger partial charge in [-0.2, -0.15) is 0 Å². The van der Waals surface area contributed by atoms with Gasteiger partial charge in [0.25, 0.3) is 0 Å². The smallest absolute Gasteiger partial charge is 0.00143 e. The van der Waals surface area contributed by atoms with E-state index in [9.17, 15) is 0 Å². The lowest BCUT2D eigenvalue weighted by molar-refractivity contribution is 1.45. The van der Waals surface area contributed by atoms with Gasteiger partial charge in [0.1, 0.15) is 0 Å². The van der Waals surface area contributed by atoms with Gasteiger partial charge >= 0.3 is 0 Å². The van der Waals surface area contributed by atoms with Gasteiger partial charge in [0.15, 0.2) is 0 Å². The van der Waals surface area contributed by atoms with Crippen molar-refractivity contribution in [2.75, 3.05) is 0 Å². The summed E-state index contributed by atoms with van der Waals surface area (Å²) in [7, 11) is 0. The Morgan fingerprint density at radius 1 is 0.0786 bits per heavy atom. The van der Waals surface area contributed by atoms with Crippen LogP contribution < -0.4 is 0 Å². The fourth-order valence-corrected chi connectivity index (χ4v) is 21.0. The van der Waals surface area contributed by atoms with E-state index < -0.39 is 0 Å². The van der Waals surface area contributed by atoms with Crippen LogP contribution in [0.2, 0.25) is 0 Å². The minimum absolute atomic E-state index is 1.03. The molecule has 0 amide bonds. The molecular weight excluding hydrogens is 1680 g/mol. The predicted molar refractivity (Wildman–Crippen MR) is 598 cm³/mol. The minimum atomic E-state index is 1.03. The van der Waals surface area contributed by atoms with Crippen LogP contribution in [0, 0.1) is 55.4 Å². The molecule has 0 nitrogen and oxygen atoms in total. The molecule has 666 valence electrons. The fourth-order valence-electron chi connectivity index (χ4n) is 21.0. The quantitative estimate of drug-likeness (QED) is 0.0673. The van der Waals surface area contributed by atoms with Crippen LogP contribution in [-0.2, 0) is 0 Å². The fraction of sp³-hybridized carbons (Fsp3) is 0.0571. The molecular formula is C140H106. The molecule has 0 aliphatic heterocycles. The van der Waals surface area contributed by atoms with Gasteiger partial charge in [-0.15, -0.1) is 0 Å². The molecule has 0 saturated carbocycles. The average Bonchev–Trinajstić information content (AvgIpc) is 0.727. The predicted octanol–water partition coefficient (Wildman–Crippen LogP) is 39.2. The van der Waals surface area contributed by atoms with E-state index in [2.05, 4.69) is 553 Å². The van der Waals surface area contributed by atoms with Crippen LogP contribution >= 0.6 is 0 Å². The van der Waals surface area contributed by atoms with Crippen molar-refractivity contribution < 1.29 is 0 Å². The lowest BCUT2D eigenvalue weighted by atomic mass is 9.76. The first-order valence-corrected chi connectivity index (χ1v) is 48.9. The highest BCUT2D eigenvalue weighted by Gasteiger charge is 2.33. The summed E-state index contributed by atoms with van der Waals surface area (Å²) in [6, 6.07) is 189. The van der Waals surface area contributed by atoms with E-state index in [0.29, 0.717) is 0 Å². The van der Waals surface area contributed by atoms with Crippen molar-refractivity contribution in [2.45, 2.75) is 55.4 Å². The Morgan fingerprint density at radius 2 is 0.186 bits per heavy atom. The van der Waals surface area contributed by atoms with E-state index in [1.54, 1.807) is 0 Å². The van der Waals surface area contributed by atoms with Gasteiger partial charge in [-0.05, 0) is 350 Å². The minimum Gasteiger partial charge on any atom is -0.0622 e. The molecule has 0 N–H and O–H groups in total. The normalized spacial score (nSPS) is 11.3. The standard InChI is InChI=1S/C140H106/c1-91-49-65-107(66-50-91)133-121(99-33-17-9-18-34-99)87-125(129(103-41-25-13-26-42-103)137(133)111-73-57-95(5)58-74-111)117-81-115(82-118(85-117)126-88-122(100-35-19-10-20-36-100)134(108-67-51-92(2)52-68-108)138(112-75-59-96(6)60-76-112)130(126)104-43-27-14-28-44-104)116-83-119(127-89-123(101-37-21-11-22-38-101)135(109-69-53-93(3)54-70-109)139(113-77-61-97(7)62-78-113)131(127)105-45-29-15-30-46-105)86-120(84-116)128-90-124(102-39-23-12-24-40-102)136(110-71-55-94(4)56-72-110)140(114-79-63-98(8)64-80-114)132(128)106-47-31-16-32-48-106/h9-90H,1-8H3. The molecule has 0 aromatic heterocycles. The SMILES string of the molecule is Cc1ccc(-c2c(-c3ccccc3)cc(-c3cc(-c4cc(-c5cc(-c6ccccc6)c(-c6ccc(C)cc6)c(-c6ccc(C)cc6)c5-c5ccccc5)cc(-c5cc(-c6ccccc6)c(-c6ccc(C)cc6)c(-c6ccc(C)cc6)c5-c5ccccc5)c4)cc(-c4cc(-c5ccccc5)c(-c5ccc(C)cc5)c(-c5ccc(C)cc5)c4-c4ccccc4)c3)c(-c3ccccc3)c2-c2ccc(C)cc2)cc1. The molecule has 0 radical (unpaired) electrons. The Bertz CT molecular complexity index is 7290. The third kappa shape index (κ3) is 17.5. The van der Waals surface area contributed by atoms with Crippen molar-refractivity contribution in [1.82, 2.24) is 0 Å². The molecule has 22 aromatic rings. The summed E-state index contributed by atoms with van der Waals surface area (Å²) in [5.41, 5.74) is 56.3. The molecule has 0 saturated heterocycles. The van der Waals surface area contributed by atoms with Crippen LogP contribution in [0.25, 0.3) is 234 Å². The summed E-state index contributed by atoms with van der Waals surface area (Å²) in [5, 5.41) is 0. The monoisotopic (exact) mass is 1790 g/mol. The van der Waals surface area contributed by atoms with Crippen molar-refractivity contribution in [2.24, 2.45) is 0 Å². The summed E-state index contributed by atoms with van der Waals surface area (Å²) in [4.78, 5) is 0. The van der Waals surface area contributed by atoms with Gasteiger partial charge in [-0.1, -0.05) is 481 Å². The molecule has 0 unspecified atom stereocenters. The maximum absolute atomic E-state index is 2.56. The number of aryl methyl sites for hydroxylation is 8. The number of rotatable bonds is 21. The Morgan fingerprint density at radius 3 is 0.329 bits per heavy atom. The lowest BCUT2D eigenvalue weighted by Gasteiger charge is -2.27. The molecule has 0 bridgehead atoms. The molecule has 0 spiro atoms. The summed E-state index contributed by atoms with van der Waals surface area (Å²) >= 11 is 0. The topological polar surface area (TPSA) is 0 Å². The summed E-state index contributed by atoms with van der Waals surface area (Å²) in [6.45, 7) is 17.6. The van der Waals surface area contributed by atoms with E-state index >= 15 is 0 Å². The van der Waals surface area contributed by atoms with Gasteiger partial charge < -0.3 is 0 Å². The molecule has 22 aromatic carbocycles. The van der Waals surface area contributed by atoms with Gasteiger partial charge in [-0.3, -0.25) is 0 Å². The molecule has 0 aliphatic carbocycles. The molecule has 0 heteroatoms. The Balaban J connectivity index is 0.979. The van der Waals surface area contributed by atoms with Crippen LogP contribution in [0.4, 0.5) is 0 Å². The zero-order valence-corrected chi connectivity index (χ0v) is 80.3. The zero-order valence-electron chi connectivity index (χ0n) is 80.3. The second kappa shape index (κ2) is 38.5. The third-order valence-corrected chi connectivity index (χ3v) is 28.1. The highest BCUT2D eigenvalue weighted by atomic mass is 14.4. The number of hydrogen-bond acceptors (Lipinski definition) is 0. The first-order chi connectivity index (χ1) is 68.7. The molecule has 140 heavy (non-hydrogen) atoms. The van der Waals surface area contributed by atoms with Crippen LogP contribution in [-0.4, -0.2) is 0 Å². The first-order valence-electron chi connectivity index (χ1n) is 48.9. The van der Waals surface area contributed by atoms with E-state index in [1.165, 1.54) is 44.5 Å². The highest BCUT2D eigenvalue weighted by molar-refractivity contribution is 6.15. The van der Waals surface area contributed by atoms with Crippen molar-refractivity contribution in [3.05, 3.63) is 542 Å². The van der Waals surface area contributed by atoms with Crippen LogP contribution in [0.15, 0.2) is 497 Å². The highest BCUT2D eigenvalue weighted by Crippen LogP contribution is 2.59. The van der Waals surface area contributed by atoms with Gasteiger partial charge in [-0.25, -0.2) is 0 Å². The van der Waals surface area contributed by atoms with Crippen molar-refractivity contribution >= 4 is 0 Å². The molecule has 0 atom stereocenters. The van der Waals surface area contributed by atoms with Gasteiger partial charge in [0.2, 0.25) is 0 Å². The first kappa shape index (κ1) is 88.1. The van der Waals surface area contributed by atoms with E-state index in [1.807, 2.05) is 0 Å². The van der Waals surface area contributed by atoms with Crippen molar-refractivity contribution in [3.8, 4) is 234 Å². The van der Waals surface area contributed by atoms with Crippen LogP contribution in [0.1, 0.15) is 44.5 Å². The summed E-state index contributed by atoms with van der Waals surface area (Å²) < 4.78 is 0. The van der Waals surface area contributed by atoms with Crippen molar-refractivity contribution in [1.29, 1.82) is 0 Å². The van der Waals surface area contributed by atoms with Crippen LogP contribution in [0.3, 0.4) is 0 Å². The zero-order chi connectivity index (χ0) is 94.9. The maximum Gasteiger partial charge on any atom is -0.00143 e. The van der Waals surface area contributed by atoms with Crippen molar-refractivity contribution in [3.63, 3.8) is 0 Å². The molecule has 22 rings (SSSR count). The van der Waals surface area contributed by atoms with Crippen LogP contribution in [0.5, 0.6) is 0 Å². The largest absolute Gasteiger partial charge is 0.0622 e. The summed E-state index contributed by atoms with van der Waals surface area (Å²) in [6.07, 6.45) is 0. The third-order valence-electron chi connectivity index (χ3n) is 28.1. The van der Waals surface area contributed by atoms with Gasteiger partial charge in [0.05, 0.1) is 0 Å². The second-order valence-electron chi connectivity index (χ2n) is 37.8. The molecule has 0 aliphatic rings. The number of hydrogen-bond donors (Lipinski definition) is 0. The van der Waals surface area contributed by atoms with E-state index in [-0.39, 0.29) is 0 Å². The van der Waals surface area contributed by atoms with E-state index in [0.717, 1.165) is 234 Å². The Labute approximate surface area is 825 Å². The Hall–Kier alpha value is -17.2.